The van der Waals surface area contributed by atoms with Crippen molar-refractivity contribution in [2.75, 3.05) is 6.61 Å². The fourth-order valence-corrected chi connectivity index (χ4v) is 2.59. The molecule has 1 aromatic rings. The second-order valence-electron chi connectivity index (χ2n) is 5.30. The van der Waals surface area contributed by atoms with Gasteiger partial charge in [0.25, 0.3) is 0 Å². The lowest BCUT2D eigenvalue weighted by Gasteiger charge is -2.16. The fraction of sp³-hybridized carbons (Fsp3) is 0.917. The number of tetrazole rings is 1. The van der Waals surface area contributed by atoms with Crippen LogP contribution in [0.25, 0.3) is 0 Å². The largest absolute Gasteiger partial charge is 0.378 e. The first-order chi connectivity index (χ1) is 8.86. The molecule has 18 heavy (non-hydrogen) atoms. The van der Waals surface area contributed by atoms with Crippen LogP contribution >= 0.6 is 0 Å². The smallest absolute Gasteiger partial charge is 0.165 e. The van der Waals surface area contributed by atoms with Crippen LogP contribution in [0.4, 0.5) is 0 Å². The summed E-state index contributed by atoms with van der Waals surface area (Å²) >= 11 is 0. The Bertz CT molecular complexity index is 390. The highest BCUT2D eigenvalue weighted by Gasteiger charge is 2.28. The SMILES string of the molecule is CCC1OCCC1Cn1nnnc1CNC1CC1. The monoisotopic (exact) mass is 251 g/mol. The van der Waals surface area contributed by atoms with Gasteiger partial charge in [-0.15, -0.1) is 5.10 Å². The molecule has 2 unspecified atom stereocenters. The van der Waals surface area contributed by atoms with E-state index in [4.69, 9.17) is 4.74 Å². The number of hydrogen-bond acceptors (Lipinski definition) is 5. The number of aromatic nitrogens is 4. The third-order valence-corrected chi connectivity index (χ3v) is 3.89. The van der Waals surface area contributed by atoms with E-state index in [-0.39, 0.29) is 0 Å². The quantitative estimate of drug-likeness (QED) is 0.808. The second kappa shape index (κ2) is 5.32. The predicted octanol–water partition coefficient (Wildman–Crippen LogP) is 0.740. The van der Waals surface area contributed by atoms with Crippen molar-refractivity contribution in [3.63, 3.8) is 0 Å². The van der Waals surface area contributed by atoms with Gasteiger partial charge in [0.15, 0.2) is 5.82 Å². The van der Waals surface area contributed by atoms with Crippen molar-refractivity contribution in [1.82, 2.24) is 25.5 Å². The molecule has 0 aromatic carbocycles. The molecule has 2 heterocycles. The highest BCUT2D eigenvalue weighted by molar-refractivity contribution is 4.88. The van der Waals surface area contributed by atoms with Gasteiger partial charge in [0.1, 0.15) is 0 Å². The van der Waals surface area contributed by atoms with Gasteiger partial charge in [-0.3, -0.25) is 0 Å². The zero-order valence-electron chi connectivity index (χ0n) is 10.9. The molecule has 100 valence electrons. The lowest BCUT2D eigenvalue weighted by atomic mass is 10.00. The van der Waals surface area contributed by atoms with Crippen LogP contribution < -0.4 is 5.32 Å². The topological polar surface area (TPSA) is 64.9 Å². The van der Waals surface area contributed by atoms with E-state index in [0.717, 1.165) is 38.4 Å². The van der Waals surface area contributed by atoms with Crippen LogP contribution in [0.2, 0.25) is 0 Å². The maximum Gasteiger partial charge on any atom is 0.165 e. The Morgan fingerprint density at radius 3 is 3.06 bits per heavy atom. The first kappa shape index (κ1) is 12.0. The minimum atomic E-state index is 0.374. The van der Waals surface area contributed by atoms with Crippen LogP contribution in [0, 0.1) is 5.92 Å². The third-order valence-electron chi connectivity index (χ3n) is 3.89. The van der Waals surface area contributed by atoms with Crippen molar-refractivity contribution in [3.05, 3.63) is 5.82 Å². The third kappa shape index (κ3) is 2.70. The second-order valence-corrected chi connectivity index (χ2v) is 5.30. The van der Waals surface area contributed by atoms with Crippen LogP contribution in [0.5, 0.6) is 0 Å². The Hall–Kier alpha value is -1.01. The molecule has 1 aliphatic heterocycles. The highest BCUT2D eigenvalue weighted by atomic mass is 16.5. The van der Waals surface area contributed by atoms with E-state index in [1.807, 2.05) is 4.68 Å². The van der Waals surface area contributed by atoms with Crippen LogP contribution in [-0.2, 0) is 17.8 Å². The molecule has 1 saturated heterocycles. The maximum absolute atomic E-state index is 5.71. The average Bonchev–Trinajstić information content (AvgIpc) is 2.94. The first-order valence-corrected chi connectivity index (χ1v) is 6.97. The van der Waals surface area contributed by atoms with Gasteiger partial charge in [0.2, 0.25) is 0 Å². The minimum Gasteiger partial charge on any atom is -0.378 e. The van der Waals surface area contributed by atoms with Crippen molar-refractivity contribution in [2.24, 2.45) is 5.92 Å². The van der Waals surface area contributed by atoms with Gasteiger partial charge in [0, 0.05) is 18.6 Å². The predicted molar refractivity (Wildman–Crippen MR) is 65.8 cm³/mol. The molecule has 3 rings (SSSR count). The van der Waals surface area contributed by atoms with E-state index in [0.29, 0.717) is 18.1 Å². The molecular weight excluding hydrogens is 230 g/mol. The van der Waals surface area contributed by atoms with Gasteiger partial charge >= 0.3 is 0 Å². The fourth-order valence-electron chi connectivity index (χ4n) is 2.59. The Morgan fingerprint density at radius 1 is 1.39 bits per heavy atom. The zero-order chi connectivity index (χ0) is 12.4. The molecule has 0 spiro atoms. The molecule has 0 bridgehead atoms. The molecule has 6 heteroatoms. The molecule has 1 saturated carbocycles. The van der Waals surface area contributed by atoms with Gasteiger partial charge in [-0.1, -0.05) is 6.92 Å². The summed E-state index contributed by atoms with van der Waals surface area (Å²) in [5, 5.41) is 15.5. The van der Waals surface area contributed by atoms with E-state index in [1.165, 1.54) is 12.8 Å². The van der Waals surface area contributed by atoms with Crippen LogP contribution in [0.3, 0.4) is 0 Å². The Balaban J connectivity index is 1.59. The zero-order valence-corrected chi connectivity index (χ0v) is 10.9. The number of rotatable bonds is 6. The molecule has 1 N–H and O–H groups in total. The molecule has 0 amide bonds. The van der Waals surface area contributed by atoms with Crippen LogP contribution in [0.1, 0.15) is 38.4 Å². The van der Waals surface area contributed by atoms with Gasteiger partial charge in [0.05, 0.1) is 19.2 Å². The first-order valence-electron chi connectivity index (χ1n) is 6.97. The standard InChI is InChI=1S/C12H21N5O/c1-2-11-9(5-6-18-11)8-17-12(14-15-16-17)7-13-10-3-4-10/h9-11,13H,2-8H2,1H3. The molecule has 2 fully saturated rings. The van der Waals surface area contributed by atoms with Crippen LogP contribution in [-0.4, -0.2) is 39.0 Å². The van der Waals surface area contributed by atoms with E-state index in [2.05, 4.69) is 27.8 Å². The van der Waals surface area contributed by atoms with Crippen molar-refractivity contribution < 1.29 is 4.74 Å². The average molecular weight is 251 g/mol. The Morgan fingerprint density at radius 2 is 2.28 bits per heavy atom. The number of nitrogens with one attached hydrogen (secondary N) is 1. The molecule has 1 aliphatic carbocycles. The summed E-state index contributed by atoms with van der Waals surface area (Å²) in [6.45, 7) is 4.72. The van der Waals surface area contributed by atoms with Gasteiger partial charge in [-0.25, -0.2) is 4.68 Å². The Kier molecular flexibility index (Phi) is 3.56. The van der Waals surface area contributed by atoms with E-state index in [1.54, 1.807) is 0 Å². The summed E-state index contributed by atoms with van der Waals surface area (Å²) < 4.78 is 7.66. The summed E-state index contributed by atoms with van der Waals surface area (Å²) in [6.07, 6.45) is 5.14. The molecule has 6 nitrogen and oxygen atoms in total. The molecular formula is C12H21N5O. The molecule has 2 aliphatic rings. The molecule has 2 atom stereocenters. The number of nitrogens with zero attached hydrogens (tertiary/aromatic N) is 4. The lowest BCUT2D eigenvalue weighted by Crippen LogP contribution is -2.24. The van der Waals surface area contributed by atoms with E-state index < -0.39 is 0 Å². The van der Waals surface area contributed by atoms with Gasteiger partial charge in [-0.2, -0.15) is 0 Å². The summed E-state index contributed by atoms with van der Waals surface area (Å²) in [7, 11) is 0. The summed E-state index contributed by atoms with van der Waals surface area (Å²) in [5.74, 6) is 1.50. The van der Waals surface area contributed by atoms with Gasteiger partial charge < -0.3 is 10.1 Å². The maximum atomic E-state index is 5.71. The van der Waals surface area contributed by atoms with Crippen LogP contribution in [0.15, 0.2) is 0 Å². The van der Waals surface area contributed by atoms with Crippen molar-refractivity contribution in [1.29, 1.82) is 0 Å². The summed E-state index contributed by atoms with van der Waals surface area (Å²) in [6, 6.07) is 0.688. The molecule has 0 radical (unpaired) electrons. The summed E-state index contributed by atoms with van der Waals surface area (Å²) in [4.78, 5) is 0. The van der Waals surface area contributed by atoms with E-state index >= 15 is 0 Å². The summed E-state index contributed by atoms with van der Waals surface area (Å²) in [5.41, 5.74) is 0. The van der Waals surface area contributed by atoms with Crippen molar-refractivity contribution in [3.8, 4) is 0 Å². The van der Waals surface area contributed by atoms with E-state index in [9.17, 15) is 0 Å². The van der Waals surface area contributed by atoms with Gasteiger partial charge in [-0.05, 0) is 36.1 Å². The minimum absolute atomic E-state index is 0.374. The number of hydrogen-bond donors (Lipinski definition) is 1. The highest BCUT2D eigenvalue weighted by Crippen LogP contribution is 2.25. The van der Waals surface area contributed by atoms with Crippen molar-refractivity contribution >= 4 is 0 Å². The lowest BCUT2D eigenvalue weighted by molar-refractivity contribution is 0.0821. The molecule has 1 aromatic heterocycles. The Labute approximate surface area is 107 Å². The normalized spacial score (nSPS) is 27.8. The number of ether oxygens (including phenoxy) is 1. The van der Waals surface area contributed by atoms with Crippen molar-refractivity contribution in [2.45, 2.75) is 57.8 Å².